The van der Waals surface area contributed by atoms with Gasteiger partial charge in [0, 0.05) is 16.9 Å². The van der Waals surface area contributed by atoms with E-state index in [0.717, 1.165) is 28.1 Å². The van der Waals surface area contributed by atoms with Crippen LogP contribution in [0.1, 0.15) is 42.3 Å². The Morgan fingerprint density at radius 2 is 1.33 bits per heavy atom. The number of rotatable bonds is 5. The molecule has 0 radical (unpaired) electrons. The maximum Gasteiger partial charge on any atom is 0.299 e. The number of benzene rings is 4. The Morgan fingerprint density at radius 1 is 0.750 bits per heavy atom. The lowest BCUT2D eigenvalue weighted by molar-refractivity contribution is -0.114. The molecular weight excluding hydrogens is 451 g/mol. The van der Waals surface area contributed by atoms with E-state index in [0.29, 0.717) is 11.3 Å². The summed E-state index contributed by atoms with van der Waals surface area (Å²) in [6.45, 7) is 6.79. The number of anilines is 3. The number of carbonyl (C=O) groups is 2. The zero-order valence-corrected chi connectivity index (χ0v) is 20.5. The normalized spacial score (nSPS) is 13.2. The number of hydrogen-bond donors (Lipinski definition) is 1. The standard InChI is InChI=1S/C31H27FN2O2/c1-31(2,3)22-11-9-21(10-12-22)26-5-4-6-27-28(26)34(30(36)29(27)35)19-20-7-15-24(16-8-20)33-25-17-13-23(32)14-18-25/h4-18,33H,19H2,1-3H3. The summed E-state index contributed by atoms with van der Waals surface area (Å²) in [6, 6.07) is 27.6. The van der Waals surface area contributed by atoms with E-state index in [1.54, 1.807) is 23.1 Å². The zero-order chi connectivity index (χ0) is 25.4. The fourth-order valence-corrected chi connectivity index (χ4v) is 4.47. The highest BCUT2D eigenvalue weighted by Crippen LogP contribution is 2.40. The van der Waals surface area contributed by atoms with Crippen molar-refractivity contribution in [1.82, 2.24) is 0 Å². The molecule has 0 bridgehead atoms. The first-order chi connectivity index (χ1) is 17.2. The van der Waals surface area contributed by atoms with E-state index in [2.05, 4.69) is 50.4 Å². The Bertz CT molecular complexity index is 1430. The number of ketones is 1. The van der Waals surface area contributed by atoms with Gasteiger partial charge in [-0.25, -0.2) is 4.39 Å². The van der Waals surface area contributed by atoms with Gasteiger partial charge in [0.2, 0.25) is 0 Å². The molecule has 1 aliphatic heterocycles. The topological polar surface area (TPSA) is 49.4 Å². The van der Waals surface area contributed by atoms with Gasteiger partial charge in [-0.1, -0.05) is 69.3 Å². The van der Waals surface area contributed by atoms with Gasteiger partial charge in [0.1, 0.15) is 5.82 Å². The highest BCUT2D eigenvalue weighted by Gasteiger charge is 2.37. The first-order valence-corrected chi connectivity index (χ1v) is 11.9. The van der Waals surface area contributed by atoms with Crippen molar-refractivity contribution in [1.29, 1.82) is 0 Å². The summed E-state index contributed by atoms with van der Waals surface area (Å²) >= 11 is 0. The largest absolute Gasteiger partial charge is 0.356 e. The Kier molecular flexibility index (Phi) is 5.92. The number of amides is 1. The molecule has 4 aromatic carbocycles. The van der Waals surface area contributed by atoms with Crippen LogP contribution >= 0.6 is 0 Å². The number of para-hydroxylation sites is 1. The van der Waals surface area contributed by atoms with Crippen LogP contribution in [-0.4, -0.2) is 11.7 Å². The number of hydrogen-bond acceptors (Lipinski definition) is 3. The fraction of sp³-hybridized carbons (Fsp3) is 0.161. The molecule has 5 rings (SSSR count). The SMILES string of the molecule is CC(C)(C)c1ccc(-c2cccc3c2N(Cc2ccc(Nc4ccc(F)cc4)cc2)C(=O)C3=O)cc1. The van der Waals surface area contributed by atoms with Crippen LogP contribution in [0.2, 0.25) is 0 Å². The molecule has 0 saturated carbocycles. The van der Waals surface area contributed by atoms with Crippen LogP contribution in [-0.2, 0) is 16.8 Å². The molecule has 1 N–H and O–H groups in total. The molecule has 0 spiro atoms. The molecular formula is C31H27FN2O2. The van der Waals surface area contributed by atoms with E-state index in [4.69, 9.17) is 0 Å². The van der Waals surface area contributed by atoms with E-state index in [1.165, 1.54) is 17.7 Å². The van der Waals surface area contributed by atoms with E-state index in [1.807, 2.05) is 36.4 Å². The molecule has 5 heteroatoms. The third kappa shape index (κ3) is 4.52. The van der Waals surface area contributed by atoms with Crippen molar-refractivity contribution in [2.45, 2.75) is 32.7 Å². The Hall–Kier alpha value is -4.25. The van der Waals surface area contributed by atoms with E-state index >= 15 is 0 Å². The maximum absolute atomic E-state index is 13.2. The highest BCUT2D eigenvalue weighted by atomic mass is 19.1. The van der Waals surface area contributed by atoms with Crippen molar-refractivity contribution in [2.75, 3.05) is 10.2 Å². The van der Waals surface area contributed by atoms with Crippen molar-refractivity contribution >= 4 is 28.8 Å². The molecule has 0 saturated heterocycles. The first-order valence-electron chi connectivity index (χ1n) is 11.9. The van der Waals surface area contributed by atoms with E-state index in [-0.39, 0.29) is 17.8 Å². The molecule has 1 aliphatic rings. The average Bonchev–Trinajstić information content (AvgIpc) is 3.11. The summed E-state index contributed by atoms with van der Waals surface area (Å²) in [4.78, 5) is 27.4. The molecule has 36 heavy (non-hydrogen) atoms. The molecule has 1 heterocycles. The summed E-state index contributed by atoms with van der Waals surface area (Å²) in [5.41, 5.74) is 6.69. The van der Waals surface area contributed by atoms with Gasteiger partial charge in [-0.15, -0.1) is 0 Å². The predicted octanol–water partition coefficient (Wildman–Crippen LogP) is 7.26. The van der Waals surface area contributed by atoms with Gasteiger partial charge >= 0.3 is 0 Å². The number of fused-ring (bicyclic) bond motifs is 1. The Morgan fingerprint density at radius 3 is 1.94 bits per heavy atom. The second kappa shape index (κ2) is 9.08. The molecule has 0 fully saturated rings. The third-order valence-corrected chi connectivity index (χ3v) is 6.48. The number of nitrogens with zero attached hydrogens (tertiary/aromatic N) is 1. The minimum atomic E-state index is -0.516. The number of Topliss-reactive ketones (excluding diaryl/α,β-unsaturated/α-hetero) is 1. The Balaban J connectivity index is 1.43. The monoisotopic (exact) mass is 478 g/mol. The van der Waals surface area contributed by atoms with Gasteiger partial charge in [0.15, 0.2) is 0 Å². The summed E-state index contributed by atoms with van der Waals surface area (Å²) in [7, 11) is 0. The molecule has 1 amide bonds. The second-order valence-electron chi connectivity index (χ2n) is 10.1. The lowest BCUT2D eigenvalue weighted by Crippen LogP contribution is -2.29. The maximum atomic E-state index is 13.2. The molecule has 4 aromatic rings. The van der Waals surface area contributed by atoms with Crippen molar-refractivity contribution < 1.29 is 14.0 Å². The second-order valence-corrected chi connectivity index (χ2v) is 10.1. The van der Waals surface area contributed by atoms with Crippen molar-refractivity contribution in [3.8, 4) is 11.1 Å². The lowest BCUT2D eigenvalue weighted by Gasteiger charge is -2.22. The van der Waals surface area contributed by atoms with Gasteiger partial charge in [-0.3, -0.25) is 14.5 Å². The molecule has 0 aliphatic carbocycles. The molecule has 0 atom stereocenters. The van der Waals surface area contributed by atoms with Crippen LogP contribution in [0.3, 0.4) is 0 Å². The van der Waals surface area contributed by atoms with Crippen LogP contribution in [0, 0.1) is 5.82 Å². The molecule has 0 aromatic heterocycles. The lowest BCUT2D eigenvalue weighted by atomic mass is 9.86. The van der Waals surface area contributed by atoms with Gasteiger partial charge in [-0.05, 0) is 64.6 Å². The van der Waals surface area contributed by atoms with Gasteiger partial charge in [0.25, 0.3) is 11.7 Å². The predicted molar refractivity (Wildman–Crippen MR) is 142 cm³/mol. The summed E-state index contributed by atoms with van der Waals surface area (Å²) < 4.78 is 13.2. The minimum absolute atomic E-state index is 0.0346. The van der Waals surface area contributed by atoms with Crippen molar-refractivity contribution in [3.63, 3.8) is 0 Å². The van der Waals surface area contributed by atoms with Crippen LogP contribution in [0.5, 0.6) is 0 Å². The molecule has 4 nitrogen and oxygen atoms in total. The van der Waals surface area contributed by atoms with Crippen LogP contribution in [0.15, 0.2) is 91.0 Å². The Labute approximate surface area is 210 Å². The van der Waals surface area contributed by atoms with Crippen molar-refractivity contribution in [3.05, 3.63) is 114 Å². The molecule has 180 valence electrons. The first kappa shape index (κ1) is 23.5. The van der Waals surface area contributed by atoms with Gasteiger partial charge < -0.3 is 5.32 Å². The van der Waals surface area contributed by atoms with E-state index < -0.39 is 11.7 Å². The van der Waals surface area contributed by atoms with Crippen LogP contribution in [0.4, 0.5) is 21.5 Å². The summed E-state index contributed by atoms with van der Waals surface area (Å²) in [5.74, 6) is -1.28. The molecule has 0 unspecified atom stereocenters. The smallest absolute Gasteiger partial charge is 0.299 e. The van der Waals surface area contributed by atoms with Gasteiger partial charge in [0.05, 0.1) is 17.8 Å². The quantitative estimate of drug-likeness (QED) is 0.307. The highest BCUT2D eigenvalue weighted by molar-refractivity contribution is 6.52. The zero-order valence-electron chi connectivity index (χ0n) is 20.5. The van der Waals surface area contributed by atoms with Crippen molar-refractivity contribution in [2.24, 2.45) is 0 Å². The van der Waals surface area contributed by atoms with Crippen LogP contribution in [0.25, 0.3) is 11.1 Å². The third-order valence-electron chi connectivity index (χ3n) is 6.48. The summed E-state index contributed by atoms with van der Waals surface area (Å²) in [5, 5.41) is 3.23. The van der Waals surface area contributed by atoms with Crippen LogP contribution < -0.4 is 10.2 Å². The minimum Gasteiger partial charge on any atom is -0.356 e. The number of halogens is 1. The number of carbonyl (C=O) groups excluding carboxylic acids is 2. The van der Waals surface area contributed by atoms with Gasteiger partial charge in [-0.2, -0.15) is 0 Å². The fourth-order valence-electron chi connectivity index (χ4n) is 4.47. The average molecular weight is 479 g/mol. The van der Waals surface area contributed by atoms with E-state index in [9.17, 15) is 14.0 Å². The number of nitrogens with one attached hydrogen (secondary N) is 1. The summed E-state index contributed by atoms with van der Waals surface area (Å²) in [6.07, 6.45) is 0.